The normalized spacial score (nSPS) is 14.1. The molecular formula is C19H20N2O3S2. The zero-order chi connectivity index (χ0) is 18.7. The average molecular weight is 389 g/mol. The summed E-state index contributed by atoms with van der Waals surface area (Å²) in [6.45, 7) is 2.62. The maximum atomic E-state index is 10.5. The van der Waals surface area contributed by atoms with Gasteiger partial charge in [-0.05, 0) is 49.7 Å². The molecule has 0 unspecified atom stereocenters. The van der Waals surface area contributed by atoms with Crippen molar-refractivity contribution < 1.29 is 15.0 Å². The van der Waals surface area contributed by atoms with E-state index >= 15 is 0 Å². The van der Waals surface area contributed by atoms with Crippen LogP contribution >= 0.6 is 23.6 Å². The molecule has 0 bridgehead atoms. The van der Waals surface area contributed by atoms with E-state index in [-0.39, 0.29) is 12.3 Å². The highest BCUT2D eigenvalue weighted by Crippen LogP contribution is 2.36. The number of aromatic hydroxyl groups is 1. The lowest BCUT2D eigenvalue weighted by atomic mass is 10.0. The molecule has 136 valence electrons. The molecule has 0 atom stereocenters. The number of nitrogens with zero attached hydrogens (tertiary/aromatic N) is 2. The first kappa shape index (κ1) is 18.5. The zero-order valence-corrected chi connectivity index (χ0v) is 16.1. The van der Waals surface area contributed by atoms with Crippen LogP contribution in [0.4, 0.5) is 5.69 Å². The van der Waals surface area contributed by atoms with Gasteiger partial charge < -0.3 is 10.2 Å². The molecule has 0 amide bonds. The summed E-state index contributed by atoms with van der Waals surface area (Å²) in [5.74, 6) is -0.609. The number of aromatic nitrogens is 1. The van der Waals surface area contributed by atoms with Crippen LogP contribution in [0.25, 0.3) is 11.6 Å². The van der Waals surface area contributed by atoms with Crippen LogP contribution in [0, 0.1) is 10.9 Å². The number of aryl methyl sites for hydroxylation is 1. The fourth-order valence-corrected chi connectivity index (χ4v) is 4.20. The van der Waals surface area contributed by atoms with Gasteiger partial charge in [0, 0.05) is 30.3 Å². The van der Waals surface area contributed by atoms with Gasteiger partial charge in [-0.25, -0.2) is 0 Å². The van der Waals surface area contributed by atoms with E-state index in [0.717, 1.165) is 40.1 Å². The lowest BCUT2D eigenvalue weighted by Crippen LogP contribution is -1.99. The number of allylic oxidation sites excluding steroid dienone is 1. The Hall–Kier alpha value is -2.25. The van der Waals surface area contributed by atoms with Crippen molar-refractivity contribution in [1.29, 1.82) is 0 Å². The lowest BCUT2D eigenvalue weighted by molar-refractivity contribution is -0.137. The molecule has 2 N–H and O–H groups in total. The Bertz CT molecular complexity index is 954. The Morgan fingerprint density at radius 3 is 2.92 bits per heavy atom. The number of hydrogen-bond acceptors (Lipinski definition) is 5. The van der Waals surface area contributed by atoms with Gasteiger partial charge in [-0.2, -0.15) is 0 Å². The third kappa shape index (κ3) is 4.11. The Balaban J connectivity index is 1.74. The van der Waals surface area contributed by atoms with E-state index in [2.05, 4.69) is 4.99 Å². The predicted molar refractivity (Wildman–Crippen MR) is 108 cm³/mol. The zero-order valence-electron chi connectivity index (χ0n) is 14.4. The second-order valence-electron chi connectivity index (χ2n) is 6.29. The van der Waals surface area contributed by atoms with Crippen molar-refractivity contribution >= 4 is 53.1 Å². The quantitative estimate of drug-likeness (QED) is 0.505. The number of carbonyl (C=O) groups is 1. The maximum Gasteiger partial charge on any atom is 0.303 e. The Morgan fingerprint density at radius 2 is 2.15 bits per heavy atom. The number of aliphatic imine (C=N–C) groups is 1. The summed E-state index contributed by atoms with van der Waals surface area (Å²) in [6.07, 6.45) is 6.11. The summed E-state index contributed by atoms with van der Waals surface area (Å²) in [5.41, 5.74) is 4.11. The second kappa shape index (κ2) is 7.97. The highest BCUT2D eigenvalue weighted by Gasteiger charge is 2.15. The molecule has 2 heterocycles. The number of rotatable bonds is 7. The van der Waals surface area contributed by atoms with Crippen LogP contribution in [-0.4, -0.2) is 27.0 Å². The Labute approximate surface area is 161 Å². The summed E-state index contributed by atoms with van der Waals surface area (Å²) in [7, 11) is 0. The maximum absolute atomic E-state index is 10.5. The molecular weight excluding hydrogens is 368 g/mol. The molecule has 1 aliphatic rings. The molecule has 1 aliphatic heterocycles. The van der Waals surface area contributed by atoms with E-state index < -0.39 is 5.97 Å². The van der Waals surface area contributed by atoms with E-state index in [1.807, 2.05) is 37.4 Å². The molecule has 0 saturated carbocycles. The fraction of sp³-hybridized carbons (Fsp3) is 0.316. The summed E-state index contributed by atoms with van der Waals surface area (Å²) >= 11 is 6.75. The highest BCUT2D eigenvalue weighted by atomic mass is 32.1. The smallest absolute Gasteiger partial charge is 0.303 e. The number of carboxylic acid groups (broad SMARTS) is 1. The molecule has 5 nitrogen and oxygen atoms in total. The van der Waals surface area contributed by atoms with Crippen LogP contribution in [0.5, 0.6) is 5.88 Å². The first-order valence-electron chi connectivity index (χ1n) is 8.47. The van der Waals surface area contributed by atoms with E-state index in [1.165, 1.54) is 11.3 Å². The van der Waals surface area contributed by atoms with Gasteiger partial charge in [-0.1, -0.05) is 18.6 Å². The van der Waals surface area contributed by atoms with Crippen molar-refractivity contribution in [3.8, 4) is 5.88 Å². The van der Waals surface area contributed by atoms with Gasteiger partial charge in [-0.3, -0.25) is 14.4 Å². The van der Waals surface area contributed by atoms with Crippen molar-refractivity contribution in [3.05, 3.63) is 38.2 Å². The van der Waals surface area contributed by atoms with E-state index in [9.17, 15) is 9.90 Å². The number of unbranched alkanes of at least 4 members (excludes halogenated alkanes) is 2. The summed E-state index contributed by atoms with van der Waals surface area (Å²) in [6, 6.07) is 6.13. The number of aliphatic carboxylic acids is 1. The SMILES string of the molecule is Cc1ccc2c(c1)N=CC2=Cc1sc(=S)n(CCCCCC(=O)O)c1O. The molecule has 7 heteroatoms. The van der Waals surface area contributed by atoms with Crippen molar-refractivity contribution in [2.75, 3.05) is 0 Å². The van der Waals surface area contributed by atoms with Crippen LogP contribution in [-0.2, 0) is 11.3 Å². The van der Waals surface area contributed by atoms with Crippen LogP contribution < -0.4 is 0 Å². The minimum absolute atomic E-state index is 0.166. The molecule has 26 heavy (non-hydrogen) atoms. The molecule has 0 fully saturated rings. The lowest BCUT2D eigenvalue weighted by Gasteiger charge is -2.04. The van der Waals surface area contributed by atoms with Gasteiger partial charge in [0.05, 0.1) is 10.6 Å². The van der Waals surface area contributed by atoms with Gasteiger partial charge in [0.1, 0.15) is 0 Å². The fourth-order valence-electron chi connectivity index (χ4n) is 2.89. The van der Waals surface area contributed by atoms with Gasteiger partial charge in [0.2, 0.25) is 5.88 Å². The molecule has 1 aromatic carbocycles. The van der Waals surface area contributed by atoms with Gasteiger partial charge in [0.25, 0.3) is 0 Å². The second-order valence-corrected chi connectivity index (χ2v) is 7.97. The first-order valence-corrected chi connectivity index (χ1v) is 9.69. The summed E-state index contributed by atoms with van der Waals surface area (Å²) in [4.78, 5) is 15.7. The molecule has 0 aliphatic carbocycles. The monoisotopic (exact) mass is 388 g/mol. The van der Waals surface area contributed by atoms with Crippen LogP contribution in [0.2, 0.25) is 0 Å². The van der Waals surface area contributed by atoms with Crippen LogP contribution in [0.3, 0.4) is 0 Å². The van der Waals surface area contributed by atoms with Crippen molar-refractivity contribution in [1.82, 2.24) is 4.57 Å². The van der Waals surface area contributed by atoms with Gasteiger partial charge >= 0.3 is 5.97 Å². The average Bonchev–Trinajstić information content (AvgIpc) is 3.09. The highest BCUT2D eigenvalue weighted by molar-refractivity contribution is 7.73. The largest absolute Gasteiger partial charge is 0.493 e. The molecule has 2 aromatic rings. The minimum Gasteiger partial charge on any atom is -0.493 e. The molecule has 0 saturated heterocycles. The van der Waals surface area contributed by atoms with Gasteiger partial charge in [0.15, 0.2) is 3.95 Å². The molecule has 0 spiro atoms. The number of carboxylic acids is 1. The number of benzene rings is 1. The van der Waals surface area contributed by atoms with Crippen molar-refractivity contribution in [2.45, 2.75) is 39.2 Å². The number of hydrogen-bond donors (Lipinski definition) is 2. The van der Waals surface area contributed by atoms with Crippen molar-refractivity contribution in [2.24, 2.45) is 4.99 Å². The third-order valence-corrected chi connectivity index (χ3v) is 5.65. The predicted octanol–water partition coefficient (Wildman–Crippen LogP) is 5.19. The third-order valence-electron chi connectivity index (χ3n) is 4.26. The van der Waals surface area contributed by atoms with E-state index in [4.69, 9.17) is 17.3 Å². The van der Waals surface area contributed by atoms with E-state index in [0.29, 0.717) is 16.9 Å². The molecule has 0 radical (unpaired) electrons. The topological polar surface area (TPSA) is 74.8 Å². The molecule has 1 aromatic heterocycles. The van der Waals surface area contributed by atoms with Crippen molar-refractivity contribution in [3.63, 3.8) is 0 Å². The first-order chi connectivity index (χ1) is 12.5. The summed E-state index contributed by atoms with van der Waals surface area (Å²) < 4.78 is 2.33. The standard InChI is InChI=1S/C19H20N2O3S2/c1-12-6-7-14-13(11-20-15(14)9-12)10-16-18(24)21(19(25)26-16)8-4-2-3-5-17(22)23/h6-7,9-11,24H,2-5,8H2,1H3,(H,22,23). The minimum atomic E-state index is -0.775. The van der Waals surface area contributed by atoms with Crippen LogP contribution in [0.1, 0.15) is 41.7 Å². The Morgan fingerprint density at radius 1 is 1.35 bits per heavy atom. The Kier molecular flexibility index (Phi) is 5.68. The van der Waals surface area contributed by atoms with Crippen LogP contribution in [0.15, 0.2) is 23.2 Å². The summed E-state index contributed by atoms with van der Waals surface area (Å²) in [5, 5.41) is 19.2. The van der Waals surface area contributed by atoms with Gasteiger partial charge in [-0.15, -0.1) is 11.3 Å². The molecule has 3 rings (SSSR count). The number of thiazole rings is 1. The van der Waals surface area contributed by atoms with E-state index in [1.54, 1.807) is 4.57 Å². The number of fused-ring (bicyclic) bond motifs is 1.